The molecule has 0 spiro atoms. The molecule has 20 heavy (non-hydrogen) atoms. The van der Waals surface area contributed by atoms with E-state index < -0.39 is 0 Å². The molecule has 0 amide bonds. The monoisotopic (exact) mass is 286 g/mol. The summed E-state index contributed by atoms with van der Waals surface area (Å²) in [5, 5.41) is 4.63. The van der Waals surface area contributed by atoms with E-state index >= 15 is 0 Å². The van der Waals surface area contributed by atoms with Crippen molar-refractivity contribution >= 4 is 21.6 Å². The zero-order chi connectivity index (χ0) is 13.9. The molecule has 1 atom stereocenters. The van der Waals surface area contributed by atoms with Crippen LogP contribution in [0.2, 0.25) is 0 Å². The average Bonchev–Trinajstić information content (AvgIpc) is 3.04. The number of likely N-dealkylation sites (N-methyl/N-ethyl adjacent to an activating group) is 1. The van der Waals surface area contributed by atoms with Crippen molar-refractivity contribution in [3.05, 3.63) is 52.9 Å². The van der Waals surface area contributed by atoms with Gasteiger partial charge in [-0.15, -0.1) is 11.3 Å². The molecule has 3 nitrogen and oxygen atoms in total. The minimum Gasteiger partial charge on any atom is -0.466 e. The molecule has 3 aromatic rings. The van der Waals surface area contributed by atoms with Crippen LogP contribution in [0.4, 0.5) is 0 Å². The van der Waals surface area contributed by atoms with Crippen LogP contribution in [0, 0.1) is 6.92 Å². The molecule has 2 aromatic heterocycles. The van der Waals surface area contributed by atoms with E-state index in [2.05, 4.69) is 30.4 Å². The molecule has 1 aromatic carbocycles. The van der Waals surface area contributed by atoms with Crippen LogP contribution in [-0.2, 0) is 6.42 Å². The molecule has 0 radical (unpaired) electrons. The largest absolute Gasteiger partial charge is 0.466 e. The van der Waals surface area contributed by atoms with Crippen molar-refractivity contribution in [2.75, 3.05) is 6.54 Å². The summed E-state index contributed by atoms with van der Waals surface area (Å²) in [6, 6.07) is 12.5. The fraction of sp³-hybridized carbons (Fsp3) is 0.312. The summed E-state index contributed by atoms with van der Waals surface area (Å²) in [5.74, 6) is 1.97. The van der Waals surface area contributed by atoms with Gasteiger partial charge in [0.1, 0.15) is 16.5 Å². The van der Waals surface area contributed by atoms with Crippen LogP contribution >= 0.6 is 11.3 Å². The van der Waals surface area contributed by atoms with Gasteiger partial charge in [0.05, 0.1) is 16.3 Å². The maximum atomic E-state index is 5.69. The van der Waals surface area contributed by atoms with Crippen LogP contribution in [0.5, 0.6) is 0 Å². The predicted molar refractivity (Wildman–Crippen MR) is 83.2 cm³/mol. The topological polar surface area (TPSA) is 38.1 Å². The first-order chi connectivity index (χ1) is 9.76. The number of benzene rings is 1. The highest BCUT2D eigenvalue weighted by Crippen LogP contribution is 2.28. The number of aromatic nitrogens is 1. The molecular formula is C16H18N2OS. The van der Waals surface area contributed by atoms with Crippen molar-refractivity contribution in [3.8, 4) is 0 Å². The summed E-state index contributed by atoms with van der Waals surface area (Å²) in [5.41, 5.74) is 1.08. The summed E-state index contributed by atoms with van der Waals surface area (Å²) >= 11 is 1.76. The molecule has 3 rings (SSSR count). The van der Waals surface area contributed by atoms with E-state index in [1.807, 2.05) is 25.1 Å². The SMILES string of the molecule is CCNC(Cc1ccc(C)o1)c1nc2ccccc2s1. The molecule has 0 fully saturated rings. The summed E-state index contributed by atoms with van der Waals surface area (Å²) in [7, 11) is 0. The van der Waals surface area contributed by atoms with Gasteiger partial charge in [-0.2, -0.15) is 0 Å². The number of aryl methyl sites for hydroxylation is 1. The van der Waals surface area contributed by atoms with Crippen molar-refractivity contribution < 1.29 is 4.42 Å². The second-order valence-corrected chi connectivity index (χ2v) is 5.91. The van der Waals surface area contributed by atoms with Crippen LogP contribution in [0.15, 0.2) is 40.8 Å². The number of fused-ring (bicyclic) bond motifs is 1. The lowest BCUT2D eigenvalue weighted by atomic mass is 10.2. The number of thiazole rings is 1. The molecule has 0 aliphatic rings. The number of hydrogen-bond donors (Lipinski definition) is 1. The van der Waals surface area contributed by atoms with E-state index in [-0.39, 0.29) is 6.04 Å². The number of furan rings is 1. The number of rotatable bonds is 5. The summed E-state index contributed by atoms with van der Waals surface area (Å²) in [6.07, 6.45) is 0.835. The smallest absolute Gasteiger partial charge is 0.111 e. The quantitative estimate of drug-likeness (QED) is 0.767. The molecule has 1 N–H and O–H groups in total. The maximum absolute atomic E-state index is 5.69. The van der Waals surface area contributed by atoms with E-state index in [9.17, 15) is 0 Å². The molecule has 0 bridgehead atoms. The van der Waals surface area contributed by atoms with Gasteiger partial charge >= 0.3 is 0 Å². The van der Waals surface area contributed by atoms with Gasteiger partial charge in [0.2, 0.25) is 0 Å². The fourth-order valence-electron chi connectivity index (χ4n) is 2.33. The Morgan fingerprint density at radius 3 is 2.80 bits per heavy atom. The molecule has 0 aliphatic heterocycles. The Labute approximate surface area is 122 Å². The first-order valence-electron chi connectivity index (χ1n) is 6.90. The van der Waals surface area contributed by atoms with Crippen LogP contribution in [0.25, 0.3) is 10.2 Å². The van der Waals surface area contributed by atoms with E-state index in [0.717, 1.165) is 35.0 Å². The van der Waals surface area contributed by atoms with Crippen molar-refractivity contribution in [2.24, 2.45) is 0 Å². The standard InChI is InChI=1S/C16H18N2OS/c1-3-17-14(10-12-9-8-11(2)19-12)16-18-13-6-4-5-7-15(13)20-16/h4-9,14,17H,3,10H2,1-2H3. The Bertz CT molecular complexity index is 668. The zero-order valence-corrected chi connectivity index (χ0v) is 12.5. The van der Waals surface area contributed by atoms with E-state index in [0.29, 0.717) is 0 Å². The molecule has 104 valence electrons. The lowest BCUT2D eigenvalue weighted by Crippen LogP contribution is -2.22. The number of para-hydroxylation sites is 1. The first kappa shape index (κ1) is 13.3. The highest BCUT2D eigenvalue weighted by molar-refractivity contribution is 7.18. The van der Waals surface area contributed by atoms with Gasteiger partial charge in [0.15, 0.2) is 0 Å². The summed E-state index contributed by atoms with van der Waals surface area (Å²) in [6.45, 7) is 5.01. The third-order valence-electron chi connectivity index (χ3n) is 3.26. The maximum Gasteiger partial charge on any atom is 0.111 e. The highest BCUT2D eigenvalue weighted by atomic mass is 32.1. The Kier molecular flexibility index (Phi) is 3.85. The fourth-order valence-corrected chi connectivity index (χ4v) is 3.37. The van der Waals surface area contributed by atoms with Gasteiger partial charge in [0, 0.05) is 6.42 Å². The van der Waals surface area contributed by atoms with Crippen LogP contribution in [0.3, 0.4) is 0 Å². The Morgan fingerprint density at radius 1 is 1.25 bits per heavy atom. The zero-order valence-electron chi connectivity index (χ0n) is 11.7. The van der Waals surface area contributed by atoms with Gasteiger partial charge in [-0.3, -0.25) is 0 Å². The number of nitrogens with one attached hydrogen (secondary N) is 1. The molecule has 1 unspecified atom stereocenters. The van der Waals surface area contributed by atoms with E-state index in [1.54, 1.807) is 11.3 Å². The van der Waals surface area contributed by atoms with Crippen LogP contribution in [0.1, 0.15) is 29.5 Å². The van der Waals surface area contributed by atoms with E-state index in [4.69, 9.17) is 9.40 Å². The van der Waals surface area contributed by atoms with Gasteiger partial charge in [-0.1, -0.05) is 19.1 Å². The second kappa shape index (κ2) is 5.77. The van der Waals surface area contributed by atoms with Gasteiger partial charge < -0.3 is 9.73 Å². The van der Waals surface area contributed by atoms with Crippen LogP contribution in [-0.4, -0.2) is 11.5 Å². The number of hydrogen-bond acceptors (Lipinski definition) is 4. The lowest BCUT2D eigenvalue weighted by Gasteiger charge is -2.13. The summed E-state index contributed by atoms with van der Waals surface area (Å²) in [4.78, 5) is 4.75. The van der Waals surface area contributed by atoms with Crippen molar-refractivity contribution in [3.63, 3.8) is 0 Å². The molecule has 0 saturated carbocycles. The first-order valence-corrected chi connectivity index (χ1v) is 7.72. The molecule has 4 heteroatoms. The minimum atomic E-state index is 0.211. The summed E-state index contributed by atoms with van der Waals surface area (Å²) < 4.78 is 6.93. The minimum absolute atomic E-state index is 0.211. The van der Waals surface area contributed by atoms with Gasteiger partial charge in [-0.05, 0) is 37.7 Å². The van der Waals surface area contributed by atoms with Crippen LogP contribution < -0.4 is 5.32 Å². The lowest BCUT2D eigenvalue weighted by molar-refractivity contribution is 0.440. The van der Waals surface area contributed by atoms with E-state index in [1.165, 1.54) is 4.70 Å². The molecule has 0 aliphatic carbocycles. The molecule has 2 heterocycles. The highest BCUT2D eigenvalue weighted by Gasteiger charge is 2.17. The normalized spacial score (nSPS) is 12.9. The number of nitrogens with zero attached hydrogens (tertiary/aromatic N) is 1. The Balaban J connectivity index is 1.89. The van der Waals surface area contributed by atoms with Gasteiger partial charge in [0.25, 0.3) is 0 Å². The third kappa shape index (κ3) is 2.76. The molecule has 0 saturated heterocycles. The predicted octanol–water partition coefficient (Wildman–Crippen LogP) is 4.09. The van der Waals surface area contributed by atoms with Crippen molar-refractivity contribution in [1.29, 1.82) is 0 Å². The molecular weight excluding hydrogens is 268 g/mol. The average molecular weight is 286 g/mol. The Hall–Kier alpha value is -1.65. The third-order valence-corrected chi connectivity index (χ3v) is 4.41. The second-order valence-electron chi connectivity index (χ2n) is 4.85. The van der Waals surface area contributed by atoms with Crippen molar-refractivity contribution in [2.45, 2.75) is 26.3 Å². The van der Waals surface area contributed by atoms with Crippen molar-refractivity contribution in [1.82, 2.24) is 10.3 Å². The Morgan fingerprint density at radius 2 is 2.10 bits per heavy atom. The van der Waals surface area contributed by atoms with Gasteiger partial charge in [-0.25, -0.2) is 4.98 Å².